The van der Waals surface area contributed by atoms with Gasteiger partial charge in [0.2, 0.25) is 5.91 Å². The van der Waals surface area contributed by atoms with Crippen molar-refractivity contribution < 1.29 is 9.32 Å². The number of aryl methyl sites for hydroxylation is 2. The van der Waals surface area contributed by atoms with Crippen molar-refractivity contribution in [3.63, 3.8) is 0 Å². The van der Waals surface area contributed by atoms with Crippen LogP contribution < -0.4 is 5.32 Å². The monoisotopic (exact) mass is 359 g/mol. The Kier molecular flexibility index (Phi) is 3.78. The van der Waals surface area contributed by atoms with E-state index in [4.69, 9.17) is 4.52 Å². The lowest BCUT2D eigenvalue weighted by molar-refractivity contribution is -0.116. The number of aromatic nitrogens is 3. The fourth-order valence-corrected chi connectivity index (χ4v) is 3.56. The predicted molar refractivity (Wildman–Crippen MR) is 99.2 cm³/mol. The third-order valence-corrected chi connectivity index (χ3v) is 4.96. The Morgan fingerprint density at radius 3 is 2.96 bits per heavy atom. The van der Waals surface area contributed by atoms with Crippen molar-refractivity contribution in [2.75, 3.05) is 5.32 Å². The summed E-state index contributed by atoms with van der Waals surface area (Å²) in [5, 5.41) is 7.00. The minimum absolute atomic E-state index is 0.00496. The zero-order chi connectivity index (χ0) is 18.2. The van der Waals surface area contributed by atoms with E-state index in [2.05, 4.69) is 31.5 Å². The van der Waals surface area contributed by atoms with Crippen LogP contribution in [0.15, 0.2) is 46.2 Å². The topological polar surface area (TPSA) is 93.3 Å². The third kappa shape index (κ3) is 3.01. The summed E-state index contributed by atoms with van der Waals surface area (Å²) in [7, 11) is 0. The molecule has 0 saturated heterocycles. The van der Waals surface area contributed by atoms with E-state index in [0.717, 1.165) is 40.5 Å². The summed E-state index contributed by atoms with van der Waals surface area (Å²) in [6.07, 6.45) is 4.82. The van der Waals surface area contributed by atoms with Crippen LogP contribution in [0.2, 0.25) is 0 Å². The van der Waals surface area contributed by atoms with Gasteiger partial charge in [-0.3, -0.25) is 9.79 Å². The Morgan fingerprint density at radius 2 is 2.04 bits per heavy atom. The molecular weight excluding hydrogens is 342 g/mol. The number of para-hydroxylation sites is 1. The van der Waals surface area contributed by atoms with Crippen molar-refractivity contribution in [2.45, 2.75) is 32.1 Å². The maximum atomic E-state index is 11.5. The second-order valence-corrected chi connectivity index (χ2v) is 6.74. The zero-order valence-electron chi connectivity index (χ0n) is 14.6. The van der Waals surface area contributed by atoms with Crippen LogP contribution in [-0.4, -0.2) is 26.7 Å². The predicted octanol–water partition coefficient (Wildman–Crippen LogP) is 2.81. The van der Waals surface area contributed by atoms with Crippen molar-refractivity contribution >= 4 is 23.1 Å². The number of fused-ring (bicyclic) bond motifs is 2. The lowest BCUT2D eigenvalue weighted by atomic mass is 10.0. The van der Waals surface area contributed by atoms with Crippen LogP contribution in [0.3, 0.4) is 0 Å². The number of carbonyl (C=O) groups is 1. The molecule has 0 saturated carbocycles. The van der Waals surface area contributed by atoms with Crippen LogP contribution in [0.1, 0.15) is 34.7 Å². The van der Waals surface area contributed by atoms with Crippen molar-refractivity contribution in [2.24, 2.45) is 4.99 Å². The molecule has 1 N–H and O–H groups in total. The Morgan fingerprint density at radius 1 is 1.11 bits per heavy atom. The average molecular weight is 359 g/mol. The lowest BCUT2D eigenvalue weighted by Gasteiger charge is -2.17. The van der Waals surface area contributed by atoms with Crippen molar-refractivity contribution in [1.29, 1.82) is 0 Å². The van der Waals surface area contributed by atoms with Crippen LogP contribution in [-0.2, 0) is 30.5 Å². The summed E-state index contributed by atoms with van der Waals surface area (Å²) in [6, 6.07) is 10.1. The van der Waals surface area contributed by atoms with E-state index in [1.54, 1.807) is 0 Å². The highest BCUT2D eigenvalue weighted by molar-refractivity contribution is 6.05. The first-order valence-corrected chi connectivity index (χ1v) is 9.00. The van der Waals surface area contributed by atoms with Gasteiger partial charge < -0.3 is 9.84 Å². The number of carbonyl (C=O) groups excluding carboxylic acids is 1. The molecule has 7 heteroatoms. The zero-order valence-corrected chi connectivity index (χ0v) is 14.6. The number of anilines is 1. The molecule has 2 aliphatic heterocycles. The maximum Gasteiger partial charge on any atom is 0.225 e. The van der Waals surface area contributed by atoms with Crippen LogP contribution >= 0.6 is 0 Å². The summed E-state index contributed by atoms with van der Waals surface area (Å²) in [5.41, 5.74) is 5.92. The largest absolute Gasteiger partial charge is 0.361 e. The molecule has 1 amide bonds. The van der Waals surface area contributed by atoms with E-state index in [9.17, 15) is 4.79 Å². The quantitative estimate of drug-likeness (QED) is 0.773. The Balaban J connectivity index is 1.30. The van der Waals surface area contributed by atoms with Crippen molar-refractivity contribution in [3.8, 4) is 0 Å². The van der Waals surface area contributed by atoms with E-state index in [1.165, 1.54) is 11.9 Å². The molecule has 2 aliphatic rings. The van der Waals surface area contributed by atoms with Gasteiger partial charge in [0.25, 0.3) is 0 Å². The number of rotatable bonds is 4. The molecule has 0 radical (unpaired) electrons. The number of nitrogens with one attached hydrogen (secondary N) is 1. The minimum atomic E-state index is 0.00496. The fraction of sp³-hybridized carbons (Fsp3) is 0.250. The SMILES string of the molecule is O=C1CCc2c(CCc3cc(C4=Nc5ccccc5C4)no3)ncnc2N1. The van der Waals surface area contributed by atoms with Gasteiger partial charge in [0.1, 0.15) is 23.6 Å². The molecule has 0 unspecified atom stereocenters. The van der Waals surface area contributed by atoms with Crippen LogP contribution in [0, 0.1) is 0 Å². The normalized spacial score (nSPS) is 15.1. The number of benzene rings is 1. The molecule has 7 nitrogen and oxygen atoms in total. The standard InChI is InChI=1S/C20H17N5O2/c26-19-8-6-14-16(21-11-22-20(14)24-19)7-5-13-10-18(25-27-13)17-9-12-3-1-2-4-15(12)23-17/h1-4,10-11H,5-9H2,(H,21,22,24,26). The maximum absolute atomic E-state index is 11.5. The molecule has 27 heavy (non-hydrogen) atoms. The Bertz CT molecular complexity index is 1070. The number of amides is 1. The van der Waals surface area contributed by atoms with Crippen LogP contribution in [0.25, 0.3) is 0 Å². The number of aliphatic imine (C=N–C) groups is 1. The smallest absolute Gasteiger partial charge is 0.225 e. The van der Waals surface area contributed by atoms with Gasteiger partial charge in [0, 0.05) is 36.6 Å². The molecule has 0 spiro atoms. The highest BCUT2D eigenvalue weighted by Crippen LogP contribution is 2.28. The van der Waals surface area contributed by atoms with Gasteiger partial charge in [-0.15, -0.1) is 0 Å². The van der Waals surface area contributed by atoms with Crippen LogP contribution in [0.4, 0.5) is 11.5 Å². The minimum Gasteiger partial charge on any atom is -0.361 e. The molecule has 0 atom stereocenters. The average Bonchev–Trinajstić information content (AvgIpc) is 3.32. The van der Waals surface area contributed by atoms with Gasteiger partial charge in [-0.05, 0) is 24.5 Å². The highest BCUT2D eigenvalue weighted by atomic mass is 16.5. The number of nitrogens with zero attached hydrogens (tertiary/aromatic N) is 4. The molecule has 5 rings (SSSR count). The third-order valence-electron chi connectivity index (χ3n) is 4.96. The summed E-state index contributed by atoms with van der Waals surface area (Å²) < 4.78 is 5.51. The molecule has 4 heterocycles. The number of hydrogen-bond acceptors (Lipinski definition) is 6. The van der Waals surface area contributed by atoms with E-state index in [1.807, 2.05) is 24.3 Å². The number of hydrogen-bond donors (Lipinski definition) is 1. The Hall–Kier alpha value is -3.35. The molecule has 0 aliphatic carbocycles. The first-order chi connectivity index (χ1) is 13.3. The molecule has 2 aromatic heterocycles. The van der Waals surface area contributed by atoms with Crippen LogP contribution in [0.5, 0.6) is 0 Å². The van der Waals surface area contributed by atoms with Gasteiger partial charge in [-0.25, -0.2) is 9.97 Å². The molecule has 134 valence electrons. The van der Waals surface area contributed by atoms with Gasteiger partial charge in [-0.1, -0.05) is 23.4 Å². The molecular formula is C20H17N5O2. The second kappa shape index (κ2) is 6.42. The molecule has 1 aromatic carbocycles. The molecule has 0 fully saturated rings. The van der Waals surface area contributed by atoms with Gasteiger partial charge in [-0.2, -0.15) is 0 Å². The second-order valence-electron chi connectivity index (χ2n) is 6.74. The van der Waals surface area contributed by atoms with E-state index in [0.29, 0.717) is 31.5 Å². The van der Waals surface area contributed by atoms with E-state index in [-0.39, 0.29) is 5.91 Å². The van der Waals surface area contributed by atoms with Crippen molar-refractivity contribution in [3.05, 3.63) is 64.9 Å². The molecule has 0 bridgehead atoms. The van der Waals surface area contributed by atoms with E-state index < -0.39 is 0 Å². The first-order valence-electron chi connectivity index (χ1n) is 9.00. The summed E-state index contributed by atoms with van der Waals surface area (Å²) in [6.45, 7) is 0. The van der Waals surface area contributed by atoms with E-state index >= 15 is 0 Å². The first kappa shape index (κ1) is 15.9. The summed E-state index contributed by atoms with van der Waals surface area (Å²) in [4.78, 5) is 24.7. The molecule has 3 aromatic rings. The Labute approximate surface area is 155 Å². The van der Waals surface area contributed by atoms with Gasteiger partial charge >= 0.3 is 0 Å². The van der Waals surface area contributed by atoms with Gasteiger partial charge in [0.05, 0.1) is 11.4 Å². The van der Waals surface area contributed by atoms with Gasteiger partial charge in [0.15, 0.2) is 0 Å². The lowest BCUT2D eigenvalue weighted by Crippen LogP contribution is -2.22. The van der Waals surface area contributed by atoms with Crippen molar-refractivity contribution in [1.82, 2.24) is 15.1 Å². The summed E-state index contributed by atoms with van der Waals surface area (Å²) >= 11 is 0. The fourth-order valence-electron chi connectivity index (χ4n) is 3.56. The highest BCUT2D eigenvalue weighted by Gasteiger charge is 2.21. The summed E-state index contributed by atoms with van der Waals surface area (Å²) in [5.74, 6) is 1.44.